The molecule has 0 spiro atoms. The lowest BCUT2D eigenvalue weighted by molar-refractivity contribution is 0.0974. The van der Waals surface area contributed by atoms with Crippen LogP contribution >= 0.6 is 12.2 Å². The fraction of sp³-hybridized carbons (Fsp3) is 0.259. The van der Waals surface area contributed by atoms with Crippen molar-refractivity contribution in [2.24, 2.45) is 0 Å². The highest BCUT2D eigenvalue weighted by Crippen LogP contribution is 2.25. The lowest BCUT2D eigenvalue weighted by Gasteiger charge is -2.20. The highest BCUT2D eigenvalue weighted by molar-refractivity contribution is 7.80. The van der Waals surface area contributed by atoms with E-state index in [9.17, 15) is 4.79 Å². The van der Waals surface area contributed by atoms with Crippen molar-refractivity contribution in [1.29, 1.82) is 0 Å². The van der Waals surface area contributed by atoms with E-state index in [-0.39, 0.29) is 5.11 Å². The van der Waals surface area contributed by atoms with E-state index in [0.717, 1.165) is 41.2 Å². The maximum Gasteiger partial charge on any atom is 0.261 e. The van der Waals surface area contributed by atoms with Gasteiger partial charge in [-0.1, -0.05) is 0 Å². The second kappa shape index (κ2) is 11.3. The van der Waals surface area contributed by atoms with Crippen LogP contribution < -0.4 is 25.0 Å². The van der Waals surface area contributed by atoms with Crippen molar-refractivity contribution in [1.82, 2.24) is 20.3 Å². The molecule has 0 aliphatic rings. The molecule has 37 heavy (non-hydrogen) atoms. The van der Waals surface area contributed by atoms with Gasteiger partial charge in [-0.2, -0.15) is 4.80 Å². The smallest absolute Gasteiger partial charge is 0.261 e. The molecule has 3 aromatic carbocycles. The zero-order chi connectivity index (χ0) is 26.5. The van der Waals surface area contributed by atoms with Crippen molar-refractivity contribution in [3.05, 3.63) is 65.7 Å². The molecule has 0 atom stereocenters. The fourth-order valence-corrected chi connectivity index (χ4v) is 4.22. The Morgan fingerprint density at radius 2 is 1.65 bits per heavy atom. The summed E-state index contributed by atoms with van der Waals surface area (Å²) >= 11 is 5.40. The van der Waals surface area contributed by atoms with Crippen LogP contribution in [0.25, 0.3) is 16.7 Å². The highest BCUT2D eigenvalue weighted by Gasteiger charge is 2.16. The first-order valence-electron chi connectivity index (χ1n) is 11.9. The number of aryl methyl sites for hydroxylation is 1. The molecule has 9 nitrogen and oxygen atoms in total. The zero-order valence-corrected chi connectivity index (χ0v) is 22.3. The van der Waals surface area contributed by atoms with Crippen LogP contribution in [0.5, 0.6) is 11.5 Å². The van der Waals surface area contributed by atoms with Gasteiger partial charge < -0.3 is 19.7 Å². The molecule has 4 aromatic rings. The van der Waals surface area contributed by atoms with Crippen LogP contribution in [0.15, 0.2) is 54.6 Å². The molecule has 0 radical (unpaired) electrons. The number of anilines is 2. The number of carbonyl (C=O) groups is 1. The summed E-state index contributed by atoms with van der Waals surface area (Å²) in [5.41, 5.74) is 5.47. The number of amides is 1. The van der Waals surface area contributed by atoms with Crippen LogP contribution in [0, 0.1) is 6.92 Å². The van der Waals surface area contributed by atoms with Gasteiger partial charge in [0.25, 0.3) is 5.91 Å². The van der Waals surface area contributed by atoms with E-state index in [1.165, 1.54) is 7.11 Å². The van der Waals surface area contributed by atoms with Crippen molar-refractivity contribution in [2.45, 2.75) is 20.8 Å². The number of carbonyl (C=O) groups excluding carboxylic acids is 1. The minimum absolute atomic E-state index is 0.157. The van der Waals surface area contributed by atoms with E-state index in [1.54, 1.807) is 30.1 Å². The molecule has 0 saturated heterocycles. The standard InChI is InChI=1S/C27H30N6O3S/c1-6-32(7-2)18-8-10-19(11-9-18)33-30-23-14-17(3)22(16-24(23)31-33)28-27(37)29-26(34)21-13-12-20(35-4)15-25(21)36-5/h8-16H,6-7H2,1-5H3,(H2,28,29,34,37). The third kappa shape index (κ3) is 5.64. The fourth-order valence-electron chi connectivity index (χ4n) is 4.01. The summed E-state index contributed by atoms with van der Waals surface area (Å²) < 4.78 is 10.5. The first-order valence-corrected chi connectivity index (χ1v) is 12.3. The quantitative estimate of drug-likeness (QED) is 0.324. The molecule has 10 heteroatoms. The Morgan fingerprint density at radius 1 is 0.973 bits per heavy atom. The van der Waals surface area contributed by atoms with Crippen LogP contribution in [0.3, 0.4) is 0 Å². The Hall–Kier alpha value is -4.18. The number of hydrogen-bond donors (Lipinski definition) is 2. The molecule has 192 valence electrons. The number of benzene rings is 3. The summed E-state index contributed by atoms with van der Waals surface area (Å²) in [7, 11) is 3.04. The number of nitrogens with zero attached hydrogens (tertiary/aromatic N) is 4. The average molecular weight is 519 g/mol. The van der Waals surface area contributed by atoms with Crippen LogP contribution in [0.2, 0.25) is 0 Å². The Morgan fingerprint density at radius 3 is 2.27 bits per heavy atom. The topological polar surface area (TPSA) is 93.5 Å². The van der Waals surface area contributed by atoms with Gasteiger partial charge in [-0.05, 0) is 87.1 Å². The number of ether oxygens (including phenoxy) is 2. The number of nitrogens with one attached hydrogen (secondary N) is 2. The van der Waals surface area contributed by atoms with E-state index < -0.39 is 5.91 Å². The number of methoxy groups -OCH3 is 2. The average Bonchev–Trinajstić information content (AvgIpc) is 3.32. The van der Waals surface area contributed by atoms with Gasteiger partial charge in [0.1, 0.15) is 22.5 Å². The Bertz CT molecular complexity index is 1430. The Kier molecular flexibility index (Phi) is 7.88. The molecule has 4 rings (SSSR count). The molecule has 0 unspecified atom stereocenters. The molecular formula is C27H30N6O3S. The molecule has 0 aliphatic carbocycles. The molecule has 1 amide bonds. The number of hydrogen-bond acceptors (Lipinski definition) is 7. The van der Waals surface area contributed by atoms with Gasteiger partial charge in [0, 0.05) is 30.5 Å². The van der Waals surface area contributed by atoms with Crippen LogP contribution in [-0.2, 0) is 0 Å². The van der Waals surface area contributed by atoms with Gasteiger partial charge in [0.2, 0.25) is 0 Å². The third-order valence-electron chi connectivity index (χ3n) is 6.06. The van der Waals surface area contributed by atoms with E-state index in [4.69, 9.17) is 21.7 Å². The maximum atomic E-state index is 12.8. The first-order chi connectivity index (χ1) is 17.9. The van der Waals surface area contributed by atoms with Crippen LogP contribution in [-0.4, -0.2) is 53.3 Å². The summed E-state index contributed by atoms with van der Waals surface area (Å²) in [6.45, 7) is 8.12. The van der Waals surface area contributed by atoms with Crippen molar-refractivity contribution in [3.63, 3.8) is 0 Å². The summed E-state index contributed by atoms with van der Waals surface area (Å²) in [5, 5.41) is 15.2. The summed E-state index contributed by atoms with van der Waals surface area (Å²) in [5.74, 6) is 0.583. The summed E-state index contributed by atoms with van der Waals surface area (Å²) in [6, 6.07) is 16.9. The van der Waals surface area contributed by atoms with Crippen molar-refractivity contribution in [2.75, 3.05) is 37.5 Å². The second-order valence-corrected chi connectivity index (χ2v) is 8.72. The molecule has 1 aromatic heterocycles. The van der Waals surface area contributed by atoms with E-state index in [2.05, 4.69) is 51.7 Å². The van der Waals surface area contributed by atoms with Gasteiger partial charge in [0.05, 0.1) is 25.5 Å². The lowest BCUT2D eigenvalue weighted by atomic mass is 10.1. The van der Waals surface area contributed by atoms with Gasteiger partial charge in [-0.25, -0.2) is 0 Å². The predicted octanol–water partition coefficient (Wildman–Crippen LogP) is 4.72. The molecule has 0 fully saturated rings. The zero-order valence-electron chi connectivity index (χ0n) is 21.5. The first kappa shape index (κ1) is 25.9. The minimum atomic E-state index is -0.394. The molecule has 0 saturated carbocycles. The summed E-state index contributed by atoms with van der Waals surface area (Å²) in [4.78, 5) is 16.7. The molecule has 0 bridgehead atoms. The SMILES string of the molecule is CCN(CC)c1ccc(-n2nc3cc(C)c(NC(=S)NC(=O)c4ccc(OC)cc4OC)cc3n2)cc1. The molecule has 1 heterocycles. The van der Waals surface area contributed by atoms with E-state index >= 15 is 0 Å². The molecule has 0 aliphatic heterocycles. The Labute approximate surface area is 221 Å². The van der Waals surface area contributed by atoms with E-state index in [0.29, 0.717) is 22.6 Å². The van der Waals surface area contributed by atoms with Gasteiger partial charge in [-0.3, -0.25) is 10.1 Å². The van der Waals surface area contributed by atoms with Crippen molar-refractivity contribution in [3.8, 4) is 17.2 Å². The second-order valence-electron chi connectivity index (χ2n) is 8.31. The van der Waals surface area contributed by atoms with Crippen molar-refractivity contribution >= 4 is 45.6 Å². The third-order valence-corrected chi connectivity index (χ3v) is 6.27. The number of fused-ring (bicyclic) bond motifs is 1. The van der Waals surface area contributed by atoms with Crippen LogP contribution in [0.4, 0.5) is 11.4 Å². The minimum Gasteiger partial charge on any atom is -0.497 e. The van der Waals surface area contributed by atoms with Crippen molar-refractivity contribution < 1.29 is 14.3 Å². The van der Waals surface area contributed by atoms with Gasteiger partial charge in [0.15, 0.2) is 5.11 Å². The van der Waals surface area contributed by atoms with Gasteiger partial charge >= 0.3 is 0 Å². The number of aromatic nitrogens is 3. The molecular weight excluding hydrogens is 488 g/mol. The van der Waals surface area contributed by atoms with E-state index in [1.807, 2.05) is 31.2 Å². The van der Waals surface area contributed by atoms with Crippen LogP contribution in [0.1, 0.15) is 29.8 Å². The normalized spacial score (nSPS) is 10.7. The number of rotatable bonds is 8. The highest BCUT2D eigenvalue weighted by atomic mass is 32.1. The monoisotopic (exact) mass is 518 g/mol. The predicted molar refractivity (Wildman–Crippen MR) is 150 cm³/mol. The largest absolute Gasteiger partial charge is 0.497 e. The van der Waals surface area contributed by atoms with Gasteiger partial charge in [-0.15, -0.1) is 10.2 Å². The molecule has 2 N–H and O–H groups in total. The summed E-state index contributed by atoms with van der Waals surface area (Å²) in [6.07, 6.45) is 0. The lowest BCUT2D eigenvalue weighted by Crippen LogP contribution is -2.34. The maximum absolute atomic E-state index is 12.8. The Balaban J connectivity index is 1.50. The number of thiocarbonyl (C=S) groups is 1.